The van der Waals surface area contributed by atoms with Crippen molar-refractivity contribution in [2.24, 2.45) is 10.3 Å². The van der Waals surface area contributed by atoms with Crippen LogP contribution in [0, 0.1) is 5.92 Å². The van der Waals surface area contributed by atoms with Crippen LogP contribution in [0.25, 0.3) is 0 Å². The van der Waals surface area contributed by atoms with Crippen molar-refractivity contribution in [2.75, 3.05) is 19.7 Å². The third kappa shape index (κ3) is 2.57. The molecule has 1 aromatic carbocycles. The van der Waals surface area contributed by atoms with E-state index in [0.717, 1.165) is 18.8 Å². The minimum Gasteiger partial charge on any atom is -0.492 e. The molecule has 0 saturated carbocycles. The van der Waals surface area contributed by atoms with Crippen LogP contribution in [0.5, 0.6) is 5.75 Å². The Balaban J connectivity index is 1.41. The van der Waals surface area contributed by atoms with Gasteiger partial charge in [-0.15, -0.1) is 4.40 Å². The topological polar surface area (TPSA) is 71.9 Å². The summed E-state index contributed by atoms with van der Waals surface area (Å²) in [5.41, 5.74) is 0.694. The van der Waals surface area contributed by atoms with Crippen LogP contribution in [-0.2, 0) is 10.0 Å². The Labute approximate surface area is 134 Å². The Morgan fingerprint density at radius 2 is 2.00 bits per heavy atom. The molecule has 2 aromatic rings. The van der Waals surface area contributed by atoms with E-state index in [1.165, 1.54) is 0 Å². The van der Waals surface area contributed by atoms with Gasteiger partial charge in [0.25, 0.3) is 10.0 Å². The predicted molar refractivity (Wildman–Crippen MR) is 85.0 cm³/mol. The normalized spacial score (nSPS) is 19.0. The summed E-state index contributed by atoms with van der Waals surface area (Å²) in [5.74, 6) is 1.66. The summed E-state index contributed by atoms with van der Waals surface area (Å²) in [6.45, 7) is 2.07. The van der Waals surface area contributed by atoms with Crippen LogP contribution in [-0.4, -0.2) is 43.8 Å². The quantitative estimate of drug-likeness (QED) is 0.854. The molecule has 4 rings (SSSR count). The summed E-state index contributed by atoms with van der Waals surface area (Å²) in [4.78, 5) is 6.29. The Kier molecular flexibility index (Phi) is 3.30. The molecule has 1 fully saturated rings. The first kappa shape index (κ1) is 14.2. The standard InChI is InChI=1S/C16H15N3O3S/c20-23(21)15-6-2-1-5-14(15)16(18-23)19-9-12(10-19)11-22-13-4-3-7-17-8-13/h1-8,12H,9-11H2. The smallest absolute Gasteiger partial charge is 0.285 e. The predicted octanol–water partition coefficient (Wildman–Crippen LogP) is 1.54. The molecule has 7 heteroatoms. The Hall–Kier alpha value is -2.41. The highest BCUT2D eigenvalue weighted by atomic mass is 32.2. The van der Waals surface area contributed by atoms with Crippen molar-refractivity contribution in [2.45, 2.75) is 4.90 Å². The number of ether oxygens (including phenoxy) is 1. The Bertz CT molecular complexity index is 859. The van der Waals surface area contributed by atoms with Gasteiger partial charge in [0, 0.05) is 30.8 Å². The summed E-state index contributed by atoms with van der Waals surface area (Å²) in [7, 11) is -3.54. The van der Waals surface area contributed by atoms with Gasteiger partial charge in [-0.2, -0.15) is 8.42 Å². The van der Waals surface area contributed by atoms with Crippen molar-refractivity contribution < 1.29 is 13.2 Å². The zero-order valence-corrected chi connectivity index (χ0v) is 13.1. The molecule has 0 N–H and O–H groups in total. The molecule has 1 saturated heterocycles. The van der Waals surface area contributed by atoms with Crippen LogP contribution in [0.1, 0.15) is 5.56 Å². The maximum absolute atomic E-state index is 12.1. The van der Waals surface area contributed by atoms with Crippen molar-refractivity contribution in [3.63, 3.8) is 0 Å². The summed E-state index contributed by atoms with van der Waals surface area (Å²) < 4.78 is 33.7. The minimum absolute atomic E-state index is 0.296. The van der Waals surface area contributed by atoms with Gasteiger partial charge in [0.15, 0.2) is 5.84 Å². The van der Waals surface area contributed by atoms with Crippen molar-refractivity contribution in [1.82, 2.24) is 9.88 Å². The maximum atomic E-state index is 12.1. The van der Waals surface area contributed by atoms with Crippen molar-refractivity contribution in [3.05, 3.63) is 54.4 Å². The molecule has 1 aromatic heterocycles. The number of nitrogens with zero attached hydrogens (tertiary/aromatic N) is 3. The van der Waals surface area contributed by atoms with Gasteiger partial charge in [0.1, 0.15) is 10.6 Å². The van der Waals surface area contributed by atoms with Crippen molar-refractivity contribution in [3.8, 4) is 5.75 Å². The molecule has 0 atom stereocenters. The second kappa shape index (κ2) is 5.34. The molecule has 0 amide bonds. The number of hydrogen-bond donors (Lipinski definition) is 0. The highest BCUT2D eigenvalue weighted by Crippen LogP contribution is 2.30. The van der Waals surface area contributed by atoms with Crippen LogP contribution in [0.4, 0.5) is 0 Å². The monoisotopic (exact) mass is 329 g/mol. The van der Waals surface area contributed by atoms with Gasteiger partial charge in [-0.05, 0) is 24.3 Å². The fourth-order valence-corrected chi connectivity index (χ4v) is 4.04. The SMILES string of the molecule is O=S1(=O)N=C(N2CC(COc3cccnc3)C2)c2ccccc21. The molecular formula is C16H15N3O3S. The number of fused-ring (bicyclic) bond motifs is 1. The van der Waals surface area contributed by atoms with Gasteiger partial charge < -0.3 is 9.64 Å². The average molecular weight is 329 g/mol. The molecule has 0 bridgehead atoms. The molecule has 23 heavy (non-hydrogen) atoms. The van der Waals surface area contributed by atoms with E-state index in [0.29, 0.717) is 28.8 Å². The Morgan fingerprint density at radius 1 is 1.17 bits per heavy atom. The van der Waals surface area contributed by atoms with Crippen LogP contribution >= 0.6 is 0 Å². The van der Waals surface area contributed by atoms with E-state index in [1.54, 1.807) is 30.6 Å². The number of hydrogen-bond acceptors (Lipinski definition) is 5. The van der Waals surface area contributed by atoms with Crippen molar-refractivity contribution >= 4 is 15.9 Å². The fourth-order valence-electron chi connectivity index (χ4n) is 2.81. The van der Waals surface area contributed by atoms with E-state index in [9.17, 15) is 8.42 Å². The molecule has 0 unspecified atom stereocenters. The van der Waals surface area contributed by atoms with Gasteiger partial charge in [0.2, 0.25) is 0 Å². The number of aromatic nitrogens is 1. The molecule has 3 heterocycles. The third-order valence-corrected chi connectivity index (χ3v) is 5.31. The van der Waals surface area contributed by atoms with Crippen LogP contribution in [0.2, 0.25) is 0 Å². The van der Waals surface area contributed by atoms with Crippen molar-refractivity contribution in [1.29, 1.82) is 0 Å². The number of rotatable bonds is 3. The highest BCUT2D eigenvalue weighted by molar-refractivity contribution is 7.90. The second-order valence-electron chi connectivity index (χ2n) is 5.66. The summed E-state index contributed by atoms with van der Waals surface area (Å²) in [6.07, 6.45) is 3.38. The summed E-state index contributed by atoms with van der Waals surface area (Å²) in [5, 5.41) is 0. The number of likely N-dealkylation sites (tertiary alicyclic amines) is 1. The first-order valence-corrected chi connectivity index (χ1v) is 8.80. The lowest BCUT2D eigenvalue weighted by Crippen LogP contribution is -2.52. The lowest BCUT2D eigenvalue weighted by molar-refractivity contribution is 0.121. The lowest BCUT2D eigenvalue weighted by Gasteiger charge is -2.40. The zero-order valence-electron chi connectivity index (χ0n) is 12.3. The van der Waals surface area contributed by atoms with E-state index in [1.807, 2.05) is 23.1 Å². The average Bonchev–Trinajstić information content (AvgIpc) is 2.79. The third-order valence-electron chi connectivity index (χ3n) is 3.99. The zero-order chi connectivity index (χ0) is 15.9. The van der Waals surface area contributed by atoms with Crippen LogP contribution in [0.3, 0.4) is 0 Å². The van der Waals surface area contributed by atoms with Gasteiger partial charge >= 0.3 is 0 Å². The number of sulfonamides is 1. The maximum Gasteiger partial charge on any atom is 0.285 e. The highest BCUT2D eigenvalue weighted by Gasteiger charge is 2.37. The molecule has 2 aliphatic heterocycles. The van der Waals surface area contributed by atoms with Crippen LogP contribution < -0.4 is 4.74 Å². The van der Waals surface area contributed by atoms with E-state index >= 15 is 0 Å². The first-order chi connectivity index (χ1) is 11.1. The summed E-state index contributed by atoms with van der Waals surface area (Å²) in [6, 6.07) is 10.7. The van der Waals surface area contributed by atoms with E-state index in [4.69, 9.17) is 4.74 Å². The van der Waals surface area contributed by atoms with Crippen LogP contribution in [0.15, 0.2) is 58.1 Å². The largest absolute Gasteiger partial charge is 0.492 e. The molecule has 6 nitrogen and oxygen atoms in total. The molecule has 0 spiro atoms. The molecule has 0 radical (unpaired) electrons. The van der Waals surface area contributed by atoms with E-state index < -0.39 is 10.0 Å². The Morgan fingerprint density at radius 3 is 2.78 bits per heavy atom. The van der Waals surface area contributed by atoms with Gasteiger partial charge in [-0.1, -0.05) is 12.1 Å². The van der Waals surface area contributed by atoms with E-state index in [-0.39, 0.29) is 0 Å². The molecule has 2 aliphatic rings. The second-order valence-corrected chi connectivity index (χ2v) is 7.23. The summed E-state index contributed by atoms with van der Waals surface area (Å²) >= 11 is 0. The van der Waals surface area contributed by atoms with Gasteiger partial charge in [0.05, 0.1) is 12.8 Å². The molecule has 118 valence electrons. The number of amidine groups is 1. The number of pyridine rings is 1. The van der Waals surface area contributed by atoms with Gasteiger partial charge in [-0.3, -0.25) is 4.98 Å². The molecule has 0 aliphatic carbocycles. The minimum atomic E-state index is -3.54. The van der Waals surface area contributed by atoms with E-state index in [2.05, 4.69) is 9.38 Å². The number of benzene rings is 1. The lowest BCUT2D eigenvalue weighted by atomic mass is 9.99. The fraction of sp³-hybridized carbons (Fsp3) is 0.250. The first-order valence-electron chi connectivity index (χ1n) is 7.36. The van der Waals surface area contributed by atoms with Gasteiger partial charge in [-0.25, -0.2) is 0 Å². The molecular weight excluding hydrogens is 314 g/mol.